The molecular weight excluding hydrogens is 340 g/mol. The second-order valence-electron chi connectivity index (χ2n) is 6.17. The van der Waals surface area contributed by atoms with Crippen LogP contribution in [-0.4, -0.2) is 10.9 Å². The molecule has 120 valence electrons. The minimum absolute atomic E-state index is 0.0327. The van der Waals surface area contributed by atoms with Crippen LogP contribution in [0.3, 0.4) is 0 Å². The molecule has 3 heterocycles. The lowest BCUT2D eigenvalue weighted by Gasteiger charge is -2.22. The molecule has 0 bridgehead atoms. The van der Waals surface area contributed by atoms with Gasteiger partial charge in [0.05, 0.1) is 9.75 Å². The van der Waals surface area contributed by atoms with Crippen molar-refractivity contribution in [3.63, 3.8) is 0 Å². The Balaban J connectivity index is 1.77. The molecule has 0 saturated carbocycles. The summed E-state index contributed by atoms with van der Waals surface area (Å²) in [4.78, 5) is 17.9. The van der Waals surface area contributed by atoms with Crippen molar-refractivity contribution < 1.29 is 4.79 Å². The summed E-state index contributed by atoms with van der Waals surface area (Å²) in [5.74, 6) is 0.0327. The monoisotopic (exact) mass is 354 g/mol. The molecule has 5 heteroatoms. The lowest BCUT2D eigenvalue weighted by atomic mass is 9.79. The van der Waals surface area contributed by atoms with Crippen LogP contribution in [0.15, 0.2) is 54.9 Å². The van der Waals surface area contributed by atoms with Crippen molar-refractivity contribution >= 4 is 34.5 Å². The molecule has 1 aliphatic rings. The summed E-state index contributed by atoms with van der Waals surface area (Å²) in [6.45, 7) is 1.99. The van der Waals surface area contributed by atoms with Crippen molar-refractivity contribution in [2.75, 3.05) is 5.32 Å². The molecule has 3 nitrogen and oxygen atoms in total. The number of hydrogen-bond acceptors (Lipinski definition) is 3. The first-order valence-electron chi connectivity index (χ1n) is 7.67. The number of carbonyl (C=O) groups excluding carboxylic acids is 1. The molecule has 1 aromatic carbocycles. The van der Waals surface area contributed by atoms with E-state index in [4.69, 9.17) is 11.6 Å². The van der Waals surface area contributed by atoms with Crippen molar-refractivity contribution in [2.45, 2.75) is 18.8 Å². The van der Waals surface area contributed by atoms with E-state index in [1.165, 1.54) is 11.3 Å². The van der Waals surface area contributed by atoms with Crippen LogP contribution in [0, 0.1) is 0 Å². The lowest BCUT2D eigenvalue weighted by molar-refractivity contribution is -0.120. The van der Waals surface area contributed by atoms with Crippen molar-refractivity contribution in [3.05, 3.63) is 69.6 Å². The first-order chi connectivity index (χ1) is 11.6. The molecule has 1 aliphatic heterocycles. The van der Waals surface area contributed by atoms with Gasteiger partial charge in [-0.2, -0.15) is 0 Å². The molecule has 3 aromatic rings. The molecule has 0 radical (unpaired) electrons. The Kier molecular flexibility index (Phi) is 3.66. The van der Waals surface area contributed by atoms with Gasteiger partial charge in [0.15, 0.2) is 0 Å². The van der Waals surface area contributed by atoms with Gasteiger partial charge in [0.2, 0.25) is 5.91 Å². The molecule has 1 unspecified atom stereocenters. The van der Waals surface area contributed by atoms with Crippen molar-refractivity contribution in [3.8, 4) is 11.1 Å². The number of pyridine rings is 1. The van der Waals surface area contributed by atoms with E-state index in [2.05, 4.69) is 16.4 Å². The SMILES string of the molecule is CC1(Cc2ccc(Cl)s2)C(=O)Nc2ccc(-c3cccnc3)cc21. The highest BCUT2D eigenvalue weighted by Crippen LogP contribution is 2.43. The maximum absolute atomic E-state index is 12.7. The molecule has 4 rings (SSSR count). The highest BCUT2D eigenvalue weighted by molar-refractivity contribution is 7.16. The first-order valence-corrected chi connectivity index (χ1v) is 8.86. The fourth-order valence-corrected chi connectivity index (χ4v) is 4.42. The second kappa shape index (κ2) is 5.72. The number of anilines is 1. The average Bonchev–Trinajstić information content (AvgIpc) is 3.10. The number of nitrogens with one attached hydrogen (secondary N) is 1. The van der Waals surface area contributed by atoms with Gasteiger partial charge in [0.1, 0.15) is 0 Å². The zero-order valence-electron chi connectivity index (χ0n) is 13.0. The topological polar surface area (TPSA) is 42.0 Å². The van der Waals surface area contributed by atoms with E-state index in [1.807, 2.05) is 49.5 Å². The van der Waals surface area contributed by atoms with Gasteiger partial charge >= 0.3 is 0 Å². The van der Waals surface area contributed by atoms with E-state index in [0.717, 1.165) is 31.6 Å². The summed E-state index contributed by atoms with van der Waals surface area (Å²) in [5, 5.41) is 3.01. The van der Waals surface area contributed by atoms with Crippen LogP contribution in [0.5, 0.6) is 0 Å². The Bertz CT molecular complexity index is 922. The first kappa shape index (κ1) is 15.4. The highest BCUT2D eigenvalue weighted by Gasteiger charge is 2.43. The van der Waals surface area contributed by atoms with Crippen molar-refractivity contribution in [1.82, 2.24) is 4.98 Å². The maximum Gasteiger partial charge on any atom is 0.235 e. The van der Waals surface area contributed by atoms with Crippen LogP contribution in [0.2, 0.25) is 4.34 Å². The van der Waals surface area contributed by atoms with Gasteiger partial charge < -0.3 is 5.32 Å². The fraction of sp³-hybridized carbons (Fsp3) is 0.158. The summed E-state index contributed by atoms with van der Waals surface area (Å²) in [6.07, 6.45) is 4.23. The largest absolute Gasteiger partial charge is 0.325 e. The molecule has 1 N–H and O–H groups in total. The Labute approximate surface area is 149 Å². The smallest absolute Gasteiger partial charge is 0.235 e. The van der Waals surface area contributed by atoms with Gasteiger partial charge in [-0.25, -0.2) is 0 Å². The number of aromatic nitrogens is 1. The molecular formula is C19H15ClN2OS. The Morgan fingerprint density at radius 1 is 1.21 bits per heavy atom. The van der Waals surface area contributed by atoms with Gasteiger partial charge in [-0.15, -0.1) is 11.3 Å². The molecule has 24 heavy (non-hydrogen) atoms. The number of hydrogen-bond donors (Lipinski definition) is 1. The second-order valence-corrected chi connectivity index (χ2v) is 7.97. The van der Waals surface area contributed by atoms with E-state index in [0.29, 0.717) is 6.42 Å². The zero-order chi connectivity index (χ0) is 16.7. The Morgan fingerprint density at radius 2 is 2.08 bits per heavy atom. The predicted octanol–water partition coefficient (Wildman–Crippen LogP) is 4.92. The number of benzene rings is 1. The Hall–Kier alpha value is -2.17. The highest BCUT2D eigenvalue weighted by atomic mass is 35.5. The van der Waals surface area contributed by atoms with Crippen molar-refractivity contribution in [1.29, 1.82) is 0 Å². The van der Waals surface area contributed by atoms with Gasteiger partial charge in [-0.1, -0.05) is 23.7 Å². The van der Waals surface area contributed by atoms with Crippen LogP contribution >= 0.6 is 22.9 Å². The molecule has 0 spiro atoms. The molecule has 0 fully saturated rings. The molecule has 2 aromatic heterocycles. The number of halogens is 1. The zero-order valence-corrected chi connectivity index (χ0v) is 14.6. The Morgan fingerprint density at radius 3 is 2.79 bits per heavy atom. The number of nitrogens with zero attached hydrogens (tertiary/aromatic N) is 1. The molecule has 1 atom stereocenters. The van der Waals surface area contributed by atoms with E-state index in [9.17, 15) is 4.79 Å². The minimum Gasteiger partial charge on any atom is -0.325 e. The summed E-state index contributed by atoms with van der Waals surface area (Å²) in [7, 11) is 0. The van der Waals surface area contributed by atoms with Crippen LogP contribution < -0.4 is 5.32 Å². The van der Waals surface area contributed by atoms with Gasteiger partial charge in [0.25, 0.3) is 0 Å². The summed E-state index contributed by atoms with van der Waals surface area (Å²) in [6, 6.07) is 13.9. The third-order valence-corrected chi connectivity index (χ3v) is 5.75. The lowest BCUT2D eigenvalue weighted by Crippen LogP contribution is -2.33. The average molecular weight is 355 g/mol. The summed E-state index contributed by atoms with van der Waals surface area (Å²) >= 11 is 7.57. The minimum atomic E-state index is -0.596. The normalized spacial score (nSPS) is 19.2. The third kappa shape index (κ3) is 2.52. The van der Waals surface area contributed by atoms with Gasteiger partial charge in [-0.05, 0) is 53.9 Å². The number of carbonyl (C=O) groups is 1. The van der Waals surface area contributed by atoms with E-state index in [-0.39, 0.29) is 5.91 Å². The van der Waals surface area contributed by atoms with Crippen LogP contribution in [-0.2, 0) is 16.6 Å². The van der Waals surface area contributed by atoms with Gasteiger partial charge in [-0.3, -0.25) is 9.78 Å². The number of fused-ring (bicyclic) bond motifs is 1. The standard InChI is InChI=1S/C19H15ClN2OS/c1-19(10-14-5-7-17(20)24-14)15-9-12(13-3-2-8-21-11-13)4-6-16(15)22-18(19)23/h2-9,11H,10H2,1H3,(H,22,23). The van der Waals surface area contributed by atoms with Crippen molar-refractivity contribution in [2.24, 2.45) is 0 Å². The van der Waals surface area contributed by atoms with Crippen LogP contribution in [0.4, 0.5) is 5.69 Å². The van der Waals surface area contributed by atoms with Gasteiger partial charge in [0, 0.05) is 29.4 Å². The summed E-state index contributed by atoms with van der Waals surface area (Å²) in [5.41, 5.74) is 3.42. The number of rotatable bonds is 3. The van der Waals surface area contributed by atoms with Crippen LogP contribution in [0.25, 0.3) is 11.1 Å². The maximum atomic E-state index is 12.7. The fourth-order valence-electron chi connectivity index (χ4n) is 3.18. The number of amides is 1. The molecule has 1 amide bonds. The summed E-state index contributed by atoms with van der Waals surface area (Å²) < 4.78 is 0.747. The third-order valence-electron chi connectivity index (χ3n) is 4.51. The van der Waals surface area contributed by atoms with E-state index >= 15 is 0 Å². The van der Waals surface area contributed by atoms with E-state index < -0.39 is 5.41 Å². The van der Waals surface area contributed by atoms with Crippen LogP contribution in [0.1, 0.15) is 17.4 Å². The van der Waals surface area contributed by atoms with E-state index in [1.54, 1.807) is 6.20 Å². The molecule has 0 saturated heterocycles. The quantitative estimate of drug-likeness (QED) is 0.725. The molecule has 0 aliphatic carbocycles. The number of thiophene rings is 1. The predicted molar refractivity (Wildman–Crippen MR) is 98.7 cm³/mol.